The maximum absolute atomic E-state index is 2.12. The summed E-state index contributed by atoms with van der Waals surface area (Å²) in [6.45, 7) is 6.31. The van der Waals surface area contributed by atoms with Gasteiger partial charge in [-0.15, -0.1) is 0 Å². The van der Waals surface area contributed by atoms with E-state index in [0.29, 0.717) is 0 Å². The molecule has 0 aliphatic carbocycles. The molecule has 0 aromatic rings. The van der Waals surface area contributed by atoms with E-state index in [1.807, 2.05) is 7.74 Å². The standard InChI is InChI=1S/C2H7B3/c1-2-4-5-3/h2-3H2,1H3. The molecule has 0 N–H and O–H groups in total. The van der Waals surface area contributed by atoms with Crippen LogP contribution < -0.4 is 0 Å². The van der Waals surface area contributed by atoms with Crippen LogP contribution in [0.25, 0.3) is 0 Å². The van der Waals surface area contributed by atoms with Crippen LogP contribution in [0.4, 0.5) is 0 Å². The second-order valence-electron chi connectivity index (χ2n) is 0.977. The molecule has 0 rings (SSSR count). The molecule has 0 saturated heterocycles. The van der Waals surface area contributed by atoms with Gasteiger partial charge in [-0.2, -0.15) is 0 Å². The maximum atomic E-state index is 2.12. The molecule has 0 radical (unpaired) electrons. The monoisotopic (exact) mass is 64.1 g/mol. The Kier molecular flexibility index (Phi) is 4.36. The van der Waals surface area contributed by atoms with Crippen molar-refractivity contribution in [2.75, 3.05) is 0 Å². The Morgan fingerprint density at radius 3 is 2.40 bits per heavy atom. The van der Waals surface area contributed by atoms with E-state index >= 15 is 0 Å². The van der Waals surface area contributed by atoms with Gasteiger partial charge in [0.25, 0.3) is 0 Å². The zero-order valence-electron chi connectivity index (χ0n) is 3.86. The third-order valence-electron chi connectivity index (χ3n) is 0.471. The van der Waals surface area contributed by atoms with E-state index in [0.717, 1.165) is 6.32 Å². The summed E-state index contributed by atoms with van der Waals surface area (Å²) in [6, 6.07) is 0. The first-order chi connectivity index (χ1) is 2.41. The van der Waals surface area contributed by atoms with Crippen LogP contribution in [0.5, 0.6) is 0 Å². The van der Waals surface area contributed by atoms with Crippen molar-refractivity contribution in [1.82, 2.24) is 0 Å². The normalized spacial score (nSPS) is 6.60. The predicted octanol–water partition coefficient (Wildman–Crippen LogP) is -0.704. The second kappa shape index (κ2) is 4.19. The van der Waals surface area contributed by atoms with Crippen LogP contribution in [-0.4, -0.2) is 21.2 Å². The molecule has 0 aromatic heterocycles. The van der Waals surface area contributed by atoms with Crippen LogP contribution in [0.3, 0.4) is 0 Å². The van der Waals surface area contributed by atoms with Crippen LogP contribution in [0.15, 0.2) is 0 Å². The Morgan fingerprint density at radius 1 is 1.80 bits per heavy atom. The summed E-state index contributed by atoms with van der Waals surface area (Å²) < 4.78 is 0. The Labute approximate surface area is 35.5 Å². The van der Waals surface area contributed by atoms with Gasteiger partial charge in [-0.05, 0) is 0 Å². The third-order valence-corrected chi connectivity index (χ3v) is 0.471. The fourth-order valence-electron chi connectivity index (χ4n) is 0.236. The van der Waals surface area contributed by atoms with E-state index in [1.165, 1.54) is 0 Å². The van der Waals surface area contributed by atoms with Gasteiger partial charge in [0.05, 0.1) is 0 Å². The van der Waals surface area contributed by atoms with Crippen molar-refractivity contribution in [3.8, 4) is 0 Å². The molecule has 5 heavy (non-hydrogen) atoms. The van der Waals surface area contributed by atoms with Crippen LogP contribution >= 0.6 is 0 Å². The first-order valence-corrected chi connectivity index (χ1v) is 2.03. The van der Waals surface area contributed by atoms with Gasteiger partial charge in [-0.25, -0.2) is 0 Å². The van der Waals surface area contributed by atoms with Crippen molar-refractivity contribution in [3.63, 3.8) is 0 Å². The number of hydrogen-bond donors (Lipinski definition) is 0. The summed E-state index contributed by atoms with van der Waals surface area (Å²) in [7, 11) is 2.03. The molecule has 0 heterocycles. The molecule has 0 amide bonds. The predicted molar refractivity (Wildman–Crippen MR) is 30.5 cm³/mol. The molecular weight excluding hydrogens is 56.5 g/mol. The molecule has 0 aliphatic rings. The van der Waals surface area contributed by atoms with Gasteiger partial charge in [0.15, 0.2) is 0 Å². The van der Waals surface area contributed by atoms with Gasteiger partial charge in [0.1, 0.15) is 0 Å². The molecule has 0 aromatic carbocycles. The summed E-state index contributed by atoms with van der Waals surface area (Å²) in [6.07, 6.45) is 1.16. The van der Waals surface area contributed by atoms with Gasteiger partial charge in [0, 0.05) is 0 Å². The SMILES string of the molecule is BB=BCC. The first-order valence-electron chi connectivity index (χ1n) is 2.03. The molecule has 0 saturated carbocycles. The van der Waals surface area contributed by atoms with Gasteiger partial charge in [0.2, 0.25) is 0 Å². The van der Waals surface area contributed by atoms with Gasteiger partial charge < -0.3 is 0 Å². The Bertz CT molecular complexity index is 31.9. The molecule has 24 valence electrons. The molecule has 0 spiro atoms. The van der Waals surface area contributed by atoms with Crippen molar-refractivity contribution < 1.29 is 0 Å². The summed E-state index contributed by atoms with van der Waals surface area (Å²) in [5, 5.41) is 0. The Hall–Kier alpha value is 0.195. The molecule has 0 bridgehead atoms. The van der Waals surface area contributed by atoms with E-state index in [1.54, 1.807) is 0 Å². The van der Waals surface area contributed by atoms with Crippen LogP contribution in [0.1, 0.15) is 6.92 Å². The fraction of sp³-hybridized carbons (Fsp3) is 1.00. The van der Waals surface area contributed by atoms with Gasteiger partial charge >= 0.3 is 34.5 Å². The second-order valence-corrected chi connectivity index (χ2v) is 0.977. The van der Waals surface area contributed by atoms with Gasteiger partial charge in [-0.3, -0.25) is 0 Å². The van der Waals surface area contributed by atoms with Crippen molar-refractivity contribution >= 4 is 21.2 Å². The minimum absolute atomic E-state index is 1.16. The zero-order chi connectivity index (χ0) is 4.12. The van der Waals surface area contributed by atoms with E-state index in [-0.39, 0.29) is 0 Å². The Balaban J connectivity index is 2.62. The van der Waals surface area contributed by atoms with E-state index < -0.39 is 0 Å². The average Bonchev–Trinajstić information content (AvgIpc) is 1.41. The van der Waals surface area contributed by atoms with Crippen molar-refractivity contribution in [2.24, 2.45) is 0 Å². The molecule has 0 nitrogen and oxygen atoms in total. The molecular formula is C2H7B3. The van der Waals surface area contributed by atoms with Crippen LogP contribution in [0.2, 0.25) is 6.32 Å². The zero-order valence-corrected chi connectivity index (χ0v) is 3.86. The van der Waals surface area contributed by atoms with Crippen molar-refractivity contribution in [1.29, 1.82) is 0 Å². The van der Waals surface area contributed by atoms with Crippen LogP contribution in [-0.2, 0) is 0 Å². The quantitative estimate of drug-likeness (QED) is 0.353. The molecule has 0 atom stereocenters. The average molecular weight is 63.5 g/mol. The van der Waals surface area contributed by atoms with Crippen LogP contribution in [0, 0.1) is 0 Å². The minimum atomic E-state index is 1.16. The summed E-state index contributed by atoms with van der Waals surface area (Å²) in [4.78, 5) is 0. The van der Waals surface area contributed by atoms with E-state index in [2.05, 4.69) is 20.4 Å². The Morgan fingerprint density at radius 2 is 2.40 bits per heavy atom. The van der Waals surface area contributed by atoms with Gasteiger partial charge in [-0.1, -0.05) is 0 Å². The van der Waals surface area contributed by atoms with E-state index in [9.17, 15) is 0 Å². The third kappa shape index (κ3) is 4.19. The topological polar surface area (TPSA) is 0 Å². The molecule has 0 aliphatic heterocycles. The molecule has 0 fully saturated rings. The van der Waals surface area contributed by atoms with Crippen molar-refractivity contribution in [2.45, 2.75) is 13.2 Å². The molecule has 3 heteroatoms. The number of rotatable bonds is 1. The fourth-order valence-corrected chi connectivity index (χ4v) is 0.236. The van der Waals surface area contributed by atoms with Crippen molar-refractivity contribution in [3.05, 3.63) is 0 Å². The number of hydrogen-bond acceptors (Lipinski definition) is 0. The first kappa shape index (κ1) is 5.19. The molecule has 0 unspecified atom stereocenters. The van der Waals surface area contributed by atoms with E-state index in [4.69, 9.17) is 0 Å². The summed E-state index contributed by atoms with van der Waals surface area (Å²) in [5.74, 6) is 0. The summed E-state index contributed by atoms with van der Waals surface area (Å²) in [5.41, 5.74) is 0. The summed E-state index contributed by atoms with van der Waals surface area (Å²) >= 11 is 0.